The first kappa shape index (κ1) is 24.0. The predicted molar refractivity (Wildman–Crippen MR) is 120 cm³/mol. The van der Waals surface area contributed by atoms with E-state index in [2.05, 4.69) is 25.6 Å². The Morgan fingerprint density at radius 2 is 1.88 bits per heavy atom. The summed E-state index contributed by atoms with van der Waals surface area (Å²) in [6, 6.07) is 7.44. The quantitative estimate of drug-likeness (QED) is 0.448. The number of hydrogen-bond acceptors (Lipinski definition) is 9. The van der Waals surface area contributed by atoms with Crippen LogP contribution in [0.3, 0.4) is 0 Å². The number of sulfone groups is 1. The van der Waals surface area contributed by atoms with Crippen molar-refractivity contribution in [2.45, 2.75) is 11.9 Å². The van der Waals surface area contributed by atoms with Crippen molar-refractivity contribution in [3.8, 4) is 17.0 Å². The van der Waals surface area contributed by atoms with E-state index >= 15 is 0 Å². The Kier molecular flexibility index (Phi) is 7.51. The number of methoxy groups -OCH3 is 1. The van der Waals surface area contributed by atoms with Gasteiger partial charge in [0.15, 0.2) is 20.7 Å². The lowest BCUT2D eigenvalue weighted by atomic mass is 10.1. The van der Waals surface area contributed by atoms with Gasteiger partial charge >= 0.3 is 0 Å². The van der Waals surface area contributed by atoms with Crippen LogP contribution in [0.15, 0.2) is 47.8 Å². The zero-order valence-electron chi connectivity index (χ0n) is 18.1. The highest BCUT2D eigenvalue weighted by Gasteiger charge is 2.15. The van der Waals surface area contributed by atoms with E-state index in [1.165, 1.54) is 38.4 Å². The Labute approximate surface area is 190 Å². The second kappa shape index (κ2) is 10.3. The van der Waals surface area contributed by atoms with Crippen molar-refractivity contribution in [2.75, 3.05) is 37.2 Å². The van der Waals surface area contributed by atoms with Gasteiger partial charge in [-0.2, -0.15) is 0 Å². The highest BCUT2D eigenvalue weighted by atomic mass is 32.2. The molecular weight excluding hydrogens is 453 g/mol. The minimum atomic E-state index is -3.65. The van der Waals surface area contributed by atoms with Gasteiger partial charge in [0.05, 0.1) is 24.2 Å². The van der Waals surface area contributed by atoms with Crippen molar-refractivity contribution in [1.29, 1.82) is 0 Å². The number of halogens is 1. The summed E-state index contributed by atoms with van der Waals surface area (Å²) in [7, 11) is -2.14. The van der Waals surface area contributed by atoms with Crippen molar-refractivity contribution in [1.82, 2.24) is 15.0 Å². The maximum absolute atomic E-state index is 14.5. The van der Waals surface area contributed by atoms with Crippen molar-refractivity contribution in [3.05, 3.63) is 48.5 Å². The standard InChI is InChI=1S/C21H22FN5O5S/c1-13(28)25-19-5-4-14(11-24-19)17-10-18(16(22)12-23-17)26-20-8-15(32-7-6-31-2)9-21(27-20)33(3,29)30/h4-5,8-12H,6-7H2,1-3H3,(H,23,26,27)(H,24,25,28). The number of anilines is 3. The molecule has 0 unspecified atom stereocenters. The predicted octanol–water partition coefficient (Wildman–Crippen LogP) is 2.81. The highest BCUT2D eigenvalue weighted by Crippen LogP contribution is 2.27. The molecular formula is C21H22FN5O5S. The monoisotopic (exact) mass is 475 g/mol. The lowest BCUT2D eigenvalue weighted by Crippen LogP contribution is -2.08. The van der Waals surface area contributed by atoms with Crippen LogP contribution in [0.25, 0.3) is 11.3 Å². The Morgan fingerprint density at radius 3 is 2.52 bits per heavy atom. The SMILES string of the molecule is COCCOc1cc(Nc2cc(-c3ccc(NC(C)=O)nc3)ncc2F)nc(S(C)(=O)=O)c1. The van der Waals surface area contributed by atoms with Crippen molar-refractivity contribution in [3.63, 3.8) is 0 Å². The number of pyridine rings is 3. The molecule has 12 heteroatoms. The lowest BCUT2D eigenvalue weighted by molar-refractivity contribution is -0.114. The van der Waals surface area contributed by atoms with Gasteiger partial charge in [-0.15, -0.1) is 0 Å². The van der Waals surface area contributed by atoms with Gasteiger partial charge in [-0.25, -0.2) is 22.8 Å². The Balaban J connectivity index is 1.91. The molecule has 0 fully saturated rings. The summed E-state index contributed by atoms with van der Waals surface area (Å²) >= 11 is 0. The van der Waals surface area contributed by atoms with Crippen LogP contribution in [0.4, 0.5) is 21.7 Å². The largest absolute Gasteiger partial charge is 0.491 e. The average Bonchev–Trinajstić information content (AvgIpc) is 2.75. The summed E-state index contributed by atoms with van der Waals surface area (Å²) in [6.07, 6.45) is 3.52. The average molecular weight is 476 g/mol. The molecule has 0 saturated heterocycles. The van der Waals surface area contributed by atoms with E-state index in [1.54, 1.807) is 12.1 Å². The van der Waals surface area contributed by atoms with E-state index in [0.717, 1.165) is 12.5 Å². The number of aromatic nitrogens is 3. The smallest absolute Gasteiger partial charge is 0.222 e. The summed E-state index contributed by atoms with van der Waals surface area (Å²) < 4.78 is 49.0. The first-order chi connectivity index (χ1) is 15.7. The van der Waals surface area contributed by atoms with Crippen LogP contribution in [0.5, 0.6) is 5.75 Å². The van der Waals surface area contributed by atoms with Crippen LogP contribution in [-0.4, -0.2) is 55.9 Å². The van der Waals surface area contributed by atoms with E-state index in [4.69, 9.17) is 9.47 Å². The molecule has 1 amide bonds. The van der Waals surface area contributed by atoms with Gasteiger partial charge in [0.1, 0.15) is 24.0 Å². The lowest BCUT2D eigenvalue weighted by Gasteiger charge is -2.12. The minimum Gasteiger partial charge on any atom is -0.491 e. The van der Waals surface area contributed by atoms with Crippen molar-refractivity contribution in [2.24, 2.45) is 0 Å². The molecule has 3 heterocycles. The number of hydrogen-bond donors (Lipinski definition) is 2. The van der Waals surface area contributed by atoms with E-state index < -0.39 is 15.7 Å². The number of carbonyl (C=O) groups excluding carboxylic acids is 1. The molecule has 0 aliphatic carbocycles. The number of carbonyl (C=O) groups is 1. The van der Waals surface area contributed by atoms with Crippen LogP contribution in [0.2, 0.25) is 0 Å². The van der Waals surface area contributed by atoms with Gasteiger partial charge in [0, 0.05) is 44.2 Å². The number of nitrogens with zero attached hydrogens (tertiary/aromatic N) is 3. The molecule has 0 aromatic carbocycles. The summed E-state index contributed by atoms with van der Waals surface area (Å²) in [5.74, 6) is -0.251. The maximum atomic E-state index is 14.5. The summed E-state index contributed by atoms with van der Waals surface area (Å²) in [6.45, 7) is 1.87. The fraction of sp³-hybridized carbons (Fsp3) is 0.238. The van der Waals surface area contributed by atoms with Crippen LogP contribution in [0, 0.1) is 5.82 Å². The van der Waals surface area contributed by atoms with E-state index in [-0.39, 0.29) is 34.8 Å². The molecule has 0 radical (unpaired) electrons. The highest BCUT2D eigenvalue weighted by molar-refractivity contribution is 7.90. The second-order valence-electron chi connectivity index (χ2n) is 6.93. The molecule has 3 aromatic rings. The molecule has 10 nitrogen and oxygen atoms in total. The van der Waals surface area contributed by atoms with Crippen molar-refractivity contribution < 1.29 is 27.1 Å². The summed E-state index contributed by atoms with van der Waals surface area (Å²) in [5, 5.41) is 5.11. The van der Waals surface area contributed by atoms with Crippen LogP contribution in [0.1, 0.15) is 6.92 Å². The number of ether oxygens (including phenoxy) is 2. The fourth-order valence-corrected chi connectivity index (χ4v) is 3.29. The maximum Gasteiger partial charge on any atom is 0.222 e. The minimum absolute atomic E-state index is 0.0203. The molecule has 174 valence electrons. The number of amides is 1. The van der Waals surface area contributed by atoms with Gasteiger partial charge in [0.2, 0.25) is 5.91 Å². The van der Waals surface area contributed by atoms with E-state index in [1.807, 2.05) is 0 Å². The first-order valence-electron chi connectivity index (χ1n) is 9.66. The van der Waals surface area contributed by atoms with Gasteiger partial charge in [-0.1, -0.05) is 0 Å². The first-order valence-corrected chi connectivity index (χ1v) is 11.6. The molecule has 0 atom stereocenters. The molecule has 0 spiro atoms. The van der Waals surface area contributed by atoms with E-state index in [0.29, 0.717) is 23.7 Å². The molecule has 2 N–H and O–H groups in total. The van der Waals surface area contributed by atoms with Crippen LogP contribution >= 0.6 is 0 Å². The third kappa shape index (κ3) is 6.67. The van der Waals surface area contributed by atoms with Crippen LogP contribution < -0.4 is 15.4 Å². The molecule has 0 aliphatic heterocycles. The third-order valence-corrected chi connectivity index (χ3v) is 5.16. The third-order valence-electron chi connectivity index (χ3n) is 4.19. The normalized spacial score (nSPS) is 11.2. The number of rotatable bonds is 9. The van der Waals surface area contributed by atoms with Gasteiger partial charge in [-0.05, 0) is 18.2 Å². The summed E-state index contributed by atoms with van der Waals surface area (Å²) in [5.41, 5.74) is 0.997. The number of nitrogens with one attached hydrogen (secondary N) is 2. The van der Waals surface area contributed by atoms with Gasteiger partial charge < -0.3 is 20.1 Å². The molecule has 0 saturated carbocycles. The van der Waals surface area contributed by atoms with Crippen molar-refractivity contribution >= 4 is 33.1 Å². The van der Waals surface area contributed by atoms with Gasteiger partial charge in [-0.3, -0.25) is 9.78 Å². The second-order valence-corrected chi connectivity index (χ2v) is 8.89. The zero-order chi connectivity index (χ0) is 24.0. The Hall–Kier alpha value is -3.64. The zero-order valence-corrected chi connectivity index (χ0v) is 18.9. The molecule has 0 aliphatic rings. The molecule has 3 aromatic heterocycles. The molecule has 3 rings (SSSR count). The van der Waals surface area contributed by atoms with Crippen LogP contribution in [-0.2, 0) is 19.4 Å². The topological polar surface area (TPSA) is 132 Å². The molecule has 33 heavy (non-hydrogen) atoms. The Bertz CT molecular complexity index is 1250. The van der Waals surface area contributed by atoms with E-state index in [9.17, 15) is 17.6 Å². The molecule has 0 bridgehead atoms. The summed E-state index contributed by atoms with van der Waals surface area (Å²) in [4.78, 5) is 23.4. The van der Waals surface area contributed by atoms with Gasteiger partial charge in [0.25, 0.3) is 0 Å². The fourth-order valence-electron chi connectivity index (χ4n) is 2.69. The Morgan fingerprint density at radius 1 is 1.09 bits per heavy atom.